The van der Waals surface area contributed by atoms with Gasteiger partial charge in [0.25, 0.3) is 0 Å². The number of nitrogens with zero attached hydrogens (tertiary/aromatic N) is 3. The molecule has 2 aliphatic rings. The number of likely N-dealkylation sites (tertiary alicyclic amines) is 1. The summed E-state index contributed by atoms with van der Waals surface area (Å²) in [5.74, 6) is 0.827. The molecule has 2 fully saturated rings. The van der Waals surface area contributed by atoms with Crippen molar-refractivity contribution in [2.45, 2.75) is 38.6 Å². The molecule has 1 aliphatic heterocycles. The van der Waals surface area contributed by atoms with Gasteiger partial charge in [0.15, 0.2) is 11.5 Å². The first-order chi connectivity index (χ1) is 15.5. The number of benzene rings is 1. The minimum Gasteiger partial charge on any atom is -0.493 e. The van der Waals surface area contributed by atoms with Crippen LogP contribution in [0.3, 0.4) is 0 Å². The number of para-hydroxylation sites is 1. The predicted molar refractivity (Wildman–Crippen MR) is 116 cm³/mol. The van der Waals surface area contributed by atoms with Gasteiger partial charge in [-0.05, 0) is 18.9 Å². The van der Waals surface area contributed by atoms with Gasteiger partial charge in [0.2, 0.25) is 17.7 Å². The first kappa shape index (κ1) is 21.9. The molecule has 2 atom stereocenters. The second-order valence-electron chi connectivity index (χ2n) is 8.15. The number of rotatable bonds is 8. The van der Waals surface area contributed by atoms with E-state index in [-0.39, 0.29) is 42.5 Å². The molecule has 170 valence electrons. The molecular weight excluding hydrogens is 412 g/mol. The quantitative estimate of drug-likeness (QED) is 0.633. The van der Waals surface area contributed by atoms with Crippen LogP contribution in [0.2, 0.25) is 0 Å². The van der Waals surface area contributed by atoms with E-state index in [1.807, 2.05) is 18.2 Å². The number of fused-ring (bicyclic) bond motifs is 1. The van der Waals surface area contributed by atoms with Crippen LogP contribution in [0.25, 0.3) is 0 Å². The lowest BCUT2D eigenvalue weighted by molar-refractivity contribution is -0.140. The summed E-state index contributed by atoms with van der Waals surface area (Å²) in [6.45, 7) is 0.476. The van der Waals surface area contributed by atoms with Crippen molar-refractivity contribution in [3.63, 3.8) is 0 Å². The lowest BCUT2D eigenvalue weighted by Crippen LogP contribution is -2.34. The van der Waals surface area contributed by atoms with E-state index in [2.05, 4.69) is 10.4 Å². The highest BCUT2D eigenvalue weighted by Crippen LogP contribution is 2.38. The molecule has 9 nitrogen and oxygen atoms in total. The second-order valence-corrected chi connectivity index (χ2v) is 8.15. The number of aromatic nitrogens is 2. The molecule has 1 aromatic heterocycles. The minimum absolute atomic E-state index is 0.0462. The first-order valence-electron chi connectivity index (χ1n) is 10.9. The van der Waals surface area contributed by atoms with E-state index in [4.69, 9.17) is 9.47 Å². The van der Waals surface area contributed by atoms with Crippen LogP contribution in [0.4, 0.5) is 5.82 Å². The molecule has 4 rings (SSSR count). The SMILES string of the molecule is COc1cccc(Cn2nccc2NC(=O)CCN2C(=O)[C@H]3CCCC[C@H]3C2=O)c1OC. The van der Waals surface area contributed by atoms with Crippen LogP contribution in [-0.4, -0.2) is 53.2 Å². The number of carbonyl (C=O) groups excluding carboxylic acids is 3. The number of hydrogen-bond acceptors (Lipinski definition) is 6. The number of imide groups is 1. The van der Waals surface area contributed by atoms with Gasteiger partial charge in [-0.15, -0.1) is 0 Å². The van der Waals surface area contributed by atoms with Crippen molar-refractivity contribution in [3.05, 3.63) is 36.0 Å². The summed E-state index contributed by atoms with van der Waals surface area (Å²) in [4.78, 5) is 39.0. The Kier molecular flexibility index (Phi) is 6.43. The van der Waals surface area contributed by atoms with Crippen molar-refractivity contribution in [3.8, 4) is 11.5 Å². The second kappa shape index (κ2) is 9.42. The largest absolute Gasteiger partial charge is 0.493 e. The Morgan fingerprint density at radius 3 is 2.47 bits per heavy atom. The van der Waals surface area contributed by atoms with Crippen LogP contribution in [0.5, 0.6) is 11.5 Å². The number of amides is 3. The molecule has 0 spiro atoms. The van der Waals surface area contributed by atoms with Crippen LogP contribution >= 0.6 is 0 Å². The third-order valence-corrected chi connectivity index (χ3v) is 6.28. The van der Waals surface area contributed by atoms with Crippen molar-refractivity contribution in [1.82, 2.24) is 14.7 Å². The van der Waals surface area contributed by atoms with Gasteiger partial charge in [-0.2, -0.15) is 5.10 Å². The maximum atomic E-state index is 12.6. The van der Waals surface area contributed by atoms with Crippen molar-refractivity contribution in [1.29, 1.82) is 0 Å². The third kappa shape index (κ3) is 4.19. The molecule has 1 aromatic carbocycles. The maximum absolute atomic E-state index is 12.6. The molecule has 2 aromatic rings. The van der Waals surface area contributed by atoms with Crippen LogP contribution in [0.1, 0.15) is 37.7 Å². The molecule has 1 saturated carbocycles. The summed E-state index contributed by atoms with van der Waals surface area (Å²) in [5.41, 5.74) is 0.849. The standard InChI is InChI=1S/C23H28N4O5/c1-31-18-9-5-6-15(21(18)32-2)14-27-19(10-12-24-27)25-20(28)11-13-26-22(29)16-7-3-4-8-17(16)23(26)30/h5-6,9-10,12,16-17H,3-4,7-8,11,13-14H2,1-2H3,(H,25,28)/t16-,17+. The van der Waals surface area contributed by atoms with Crippen molar-refractivity contribution in [2.75, 3.05) is 26.1 Å². The zero-order valence-electron chi connectivity index (χ0n) is 18.4. The van der Waals surface area contributed by atoms with Crippen molar-refractivity contribution in [2.24, 2.45) is 11.8 Å². The summed E-state index contributed by atoms with van der Waals surface area (Å²) in [7, 11) is 3.15. The van der Waals surface area contributed by atoms with E-state index in [0.717, 1.165) is 31.2 Å². The van der Waals surface area contributed by atoms with E-state index < -0.39 is 0 Å². The predicted octanol–water partition coefficient (Wildman–Crippen LogP) is 2.45. The molecule has 0 radical (unpaired) electrons. The molecule has 32 heavy (non-hydrogen) atoms. The number of methoxy groups -OCH3 is 2. The van der Waals surface area contributed by atoms with Gasteiger partial charge >= 0.3 is 0 Å². The van der Waals surface area contributed by atoms with E-state index >= 15 is 0 Å². The highest BCUT2D eigenvalue weighted by molar-refractivity contribution is 6.05. The number of carbonyl (C=O) groups is 3. The monoisotopic (exact) mass is 440 g/mol. The Hall–Kier alpha value is -3.36. The summed E-state index contributed by atoms with van der Waals surface area (Å²) in [5, 5.41) is 7.13. The lowest BCUT2D eigenvalue weighted by Gasteiger charge is -2.19. The topological polar surface area (TPSA) is 103 Å². The highest BCUT2D eigenvalue weighted by atomic mass is 16.5. The van der Waals surface area contributed by atoms with Gasteiger partial charge in [0.1, 0.15) is 5.82 Å². The Balaban J connectivity index is 1.38. The number of anilines is 1. The summed E-state index contributed by atoms with van der Waals surface area (Å²) >= 11 is 0. The molecule has 1 N–H and O–H groups in total. The number of ether oxygens (including phenoxy) is 2. The molecule has 1 saturated heterocycles. The van der Waals surface area contributed by atoms with Crippen LogP contribution in [0.15, 0.2) is 30.5 Å². The van der Waals surface area contributed by atoms with Gasteiger partial charge in [-0.25, -0.2) is 4.68 Å². The van der Waals surface area contributed by atoms with Gasteiger partial charge in [-0.3, -0.25) is 19.3 Å². The lowest BCUT2D eigenvalue weighted by atomic mass is 9.81. The Labute approximate surface area is 186 Å². The first-order valence-corrected chi connectivity index (χ1v) is 10.9. The normalized spacial score (nSPS) is 20.2. The van der Waals surface area contributed by atoms with E-state index in [1.165, 1.54) is 4.90 Å². The fourth-order valence-corrected chi connectivity index (χ4v) is 4.67. The van der Waals surface area contributed by atoms with E-state index in [0.29, 0.717) is 23.9 Å². The van der Waals surface area contributed by atoms with E-state index in [1.54, 1.807) is 31.2 Å². The molecule has 3 amide bonds. The Bertz CT molecular complexity index is 994. The van der Waals surface area contributed by atoms with Crippen LogP contribution in [0, 0.1) is 11.8 Å². The molecule has 1 aliphatic carbocycles. The third-order valence-electron chi connectivity index (χ3n) is 6.28. The molecule has 9 heteroatoms. The van der Waals surface area contributed by atoms with E-state index in [9.17, 15) is 14.4 Å². The zero-order valence-corrected chi connectivity index (χ0v) is 18.4. The molecule has 0 unspecified atom stereocenters. The smallest absolute Gasteiger partial charge is 0.233 e. The van der Waals surface area contributed by atoms with Gasteiger partial charge in [0.05, 0.1) is 38.8 Å². The summed E-state index contributed by atoms with van der Waals surface area (Å²) < 4.78 is 12.5. The molecule has 2 heterocycles. The van der Waals surface area contributed by atoms with Gasteiger partial charge in [0, 0.05) is 24.6 Å². The fourth-order valence-electron chi connectivity index (χ4n) is 4.67. The molecular formula is C23H28N4O5. The Morgan fingerprint density at radius 2 is 1.81 bits per heavy atom. The zero-order chi connectivity index (χ0) is 22.7. The average molecular weight is 441 g/mol. The summed E-state index contributed by atoms with van der Waals surface area (Å²) in [6, 6.07) is 7.27. The Morgan fingerprint density at radius 1 is 1.09 bits per heavy atom. The van der Waals surface area contributed by atoms with Gasteiger partial charge < -0.3 is 14.8 Å². The highest BCUT2D eigenvalue weighted by Gasteiger charge is 2.47. The van der Waals surface area contributed by atoms with Gasteiger partial charge in [-0.1, -0.05) is 25.0 Å². The number of nitrogens with one attached hydrogen (secondary N) is 1. The summed E-state index contributed by atoms with van der Waals surface area (Å²) in [6.07, 6.45) is 5.15. The van der Waals surface area contributed by atoms with Crippen LogP contribution < -0.4 is 14.8 Å². The van der Waals surface area contributed by atoms with Crippen molar-refractivity contribution < 1.29 is 23.9 Å². The average Bonchev–Trinajstić information content (AvgIpc) is 3.34. The number of hydrogen-bond donors (Lipinski definition) is 1. The fraction of sp³-hybridized carbons (Fsp3) is 0.478. The molecule has 0 bridgehead atoms. The maximum Gasteiger partial charge on any atom is 0.233 e. The minimum atomic E-state index is -0.278. The van der Waals surface area contributed by atoms with Crippen LogP contribution in [-0.2, 0) is 20.9 Å². The van der Waals surface area contributed by atoms with Crippen molar-refractivity contribution >= 4 is 23.5 Å².